The first-order valence-electron chi connectivity index (χ1n) is 9.63. The molecular weight excluding hydrogens is 390 g/mol. The van der Waals surface area contributed by atoms with Crippen LogP contribution in [0.4, 0.5) is 0 Å². The Bertz CT molecular complexity index is 899. The maximum absolute atomic E-state index is 11.9. The van der Waals surface area contributed by atoms with E-state index in [4.69, 9.17) is 4.74 Å². The summed E-state index contributed by atoms with van der Waals surface area (Å²) in [7, 11) is -0.467. The topological polar surface area (TPSA) is 88.6 Å². The molecule has 0 aliphatic heterocycles. The van der Waals surface area contributed by atoms with Crippen molar-refractivity contribution >= 4 is 16.2 Å². The van der Waals surface area contributed by atoms with Crippen molar-refractivity contribution < 1.29 is 17.9 Å². The third-order valence-electron chi connectivity index (χ3n) is 4.37. The summed E-state index contributed by atoms with van der Waals surface area (Å²) in [5, 5.41) is 0. The molecule has 0 spiro atoms. The molecule has 7 nitrogen and oxygen atoms in total. The van der Waals surface area contributed by atoms with Crippen molar-refractivity contribution in [2.45, 2.75) is 32.6 Å². The number of esters is 1. The van der Waals surface area contributed by atoms with Gasteiger partial charge in [-0.15, -0.1) is 0 Å². The molecule has 29 heavy (non-hydrogen) atoms. The van der Waals surface area contributed by atoms with Gasteiger partial charge in [0.05, 0.1) is 6.61 Å². The van der Waals surface area contributed by atoms with Crippen LogP contribution in [0, 0.1) is 0 Å². The Labute approximate surface area is 173 Å². The molecule has 2 rings (SSSR count). The summed E-state index contributed by atoms with van der Waals surface area (Å²) in [6, 6.07) is 10.1. The van der Waals surface area contributed by atoms with Gasteiger partial charge >= 0.3 is 5.97 Å². The van der Waals surface area contributed by atoms with E-state index in [0.717, 1.165) is 33.0 Å². The van der Waals surface area contributed by atoms with Crippen molar-refractivity contribution in [2.75, 3.05) is 27.2 Å². The number of hydrogen-bond donors (Lipinski definition) is 1. The fourth-order valence-corrected chi connectivity index (χ4v) is 3.52. The number of carbonyl (C=O) groups is 1. The van der Waals surface area contributed by atoms with Crippen molar-refractivity contribution in [3.63, 3.8) is 0 Å². The molecule has 0 unspecified atom stereocenters. The summed E-state index contributed by atoms with van der Waals surface area (Å²) >= 11 is 0. The highest BCUT2D eigenvalue weighted by molar-refractivity contribution is 7.87. The molecule has 0 saturated heterocycles. The van der Waals surface area contributed by atoms with E-state index in [0.29, 0.717) is 32.4 Å². The van der Waals surface area contributed by atoms with Gasteiger partial charge in [0.25, 0.3) is 10.2 Å². The monoisotopic (exact) mass is 419 g/mol. The molecule has 0 amide bonds. The van der Waals surface area contributed by atoms with Crippen LogP contribution < -0.4 is 4.72 Å². The lowest BCUT2D eigenvalue weighted by atomic mass is 9.97. The summed E-state index contributed by atoms with van der Waals surface area (Å²) in [5.74, 6) is -0.215. The molecule has 1 aromatic carbocycles. The van der Waals surface area contributed by atoms with Crippen LogP contribution >= 0.6 is 0 Å². The lowest BCUT2D eigenvalue weighted by Crippen LogP contribution is -2.36. The second kappa shape index (κ2) is 11.0. The van der Waals surface area contributed by atoms with E-state index in [-0.39, 0.29) is 5.97 Å². The van der Waals surface area contributed by atoms with E-state index < -0.39 is 10.2 Å². The molecule has 0 atom stereocenters. The molecule has 1 aromatic heterocycles. The average molecular weight is 420 g/mol. The Morgan fingerprint density at radius 2 is 1.66 bits per heavy atom. The van der Waals surface area contributed by atoms with Crippen molar-refractivity contribution in [2.24, 2.45) is 0 Å². The van der Waals surface area contributed by atoms with Crippen molar-refractivity contribution in [1.82, 2.24) is 14.0 Å². The molecule has 0 fully saturated rings. The number of pyridine rings is 1. The minimum atomic E-state index is -3.45. The minimum absolute atomic E-state index is 0.215. The predicted octanol–water partition coefficient (Wildman–Crippen LogP) is 2.11. The standard InChI is InChI=1S/C21H29N3O4S/c1-4-28-21(25)6-5-18-14-19(9-12-23-29(26,27)24(2)3)16-20(15-18)13-17-7-10-22-11-8-17/h7-8,10-11,14-16,23H,4-6,9,12-13H2,1-3H3. The first-order valence-corrected chi connectivity index (χ1v) is 11.1. The number of aromatic nitrogens is 1. The molecule has 0 aliphatic rings. The fraction of sp³-hybridized carbons (Fsp3) is 0.429. The zero-order valence-electron chi connectivity index (χ0n) is 17.2. The van der Waals surface area contributed by atoms with E-state index in [1.165, 1.54) is 14.1 Å². The van der Waals surface area contributed by atoms with Gasteiger partial charge in [0.15, 0.2) is 0 Å². The van der Waals surface area contributed by atoms with Crippen LogP contribution in [-0.2, 0) is 39.0 Å². The van der Waals surface area contributed by atoms with Crippen LogP contribution in [0.2, 0.25) is 0 Å². The normalized spacial score (nSPS) is 11.6. The van der Waals surface area contributed by atoms with Gasteiger partial charge in [-0.25, -0.2) is 4.72 Å². The molecule has 0 radical (unpaired) electrons. The predicted molar refractivity (Wildman–Crippen MR) is 113 cm³/mol. The van der Waals surface area contributed by atoms with Gasteiger partial charge in [-0.05, 0) is 60.6 Å². The summed E-state index contributed by atoms with van der Waals surface area (Å²) in [4.78, 5) is 15.8. The number of rotatable bonds is 11. The second-order valence-electron chi connectivity index (χ2n) is 6.93. The largest absolute Gasteiger partial charge is 0.466 e. The van der Waals surface area contributed by atoms with E-state index in [9.17, 15) is 13.2 Å². The molecule has 158 valence electrons. The third kappa shape index (κ3) is 7.92. The number of carbonyl (C=O) groups excluding carboxylic acids is 1. The Morgan fingerprint density at radius 1 is 1.03 bits per heavy atom. The van der Waals surface area contributed by atoms with Crippen LogP contribution in [-0.4, -0.2) is 50.9 Å². The van der Waals surface area contributed by atoms with E-state index in [1.807, 2.05) is 18.2 Å². The number of nitrogens with one attached hydrogen (secondary N) is 1. The Balaban J connectivity index is 2.13. The SMILES string of the molecule is CCOC(=O)CCc1cc(CCNS(=O)(=O)N(C)C)cc(Cc2ccncc2)c1. The van der Waals surface area contributed by atoms with Crippen molar-refractivity contribution in [3.8, 4) is 0 Å². The third-order valence-corrected chi connectivity index (χ3v) is 5.90. The van der Waals surface area contributed by atoms with Gasteiger partial charge in [0.1, 0.15) is 0 Å². The van der Waals surface area contributed by atoms with Crippen LogP contribution in [0.15, 0.2) is 42.7 Å². The van der Waals surface area contributed by atoms with Crippen molar-refractivity contribution in [3.05, 3.63) is 65.0 Å². The second-order valence-corrected chi connectivity index (χ2v) is 8.90. The van der Waals surface area contributed by atoms with E-state index >= 15 is 0 Å². The van der Waals surface area contributed by atoms with Gasteiger partial charge in [-0.1, -0.05) is 18.2 Å². The summed E-state index contributed by atoms with van der Waals surface area (Å²) in [6.45, 7) is 2.47. The lowest BCUT2D eigenvalue weighted by Gasteiger charge is -2.13. The van der Waals surface area contributed by atoms with E-state index in [2.05, 4.69) is 21.8 Å². The van der Waals surface area contributed by atoms with Gasteiger partial charge in [-0.3, -0.25) is 9.78 Å². The summed E-state index contributed by atoms with van der Waals surface area (Å²) < 4.78 is 32.5. The molecule has 1 N–H and O–H groups in total. The Hall–Kier alpha value is -2.29. The smallest absolute Gasteiger partial charge is 0.306 e. The number of aryl methyl sites for hydroxylation is 1. The molecular formula is C21H29N3O4S. The average Bonchev–Trinajstić information content (AvgIpc) is 2.67. The maximum Gasteiger partial charge on any atom is 0.306 e. The molecule has 0 aliphatic carbocycles. The minimum Gasteiger partial charge on any atom is -0.466 e. The van der Waals surface area contributed by atoms with E-state index in [1.54, 1.807) is 19.3 Å². The quantitative estimate of drug-likeness (QED) is 0.564. The molecule has 8 heteroatoms. The number of nitrogens with zero attached hydrogens (tertiary/aromatic N) is 2. The highest BCUT2D eigenvalue weighted by Crippen LogP contribution is 2.17. The summed E-state index contributed by atoms with van der Waals surface area (Å²) in [5.41, 5.74) is 4.32. The van der Waals surface area contributed by atoms with Gasteiger partial charge in [-0.2, -0.15) is 12.7 Å². The zero-order chi connectivity index (χ0) is 21.3. The Kier molecular flexibility index (Phi) is 8.75. The molecule has 0 saturated carbocycles. The lowest BCUT2D eigenvalue weighted by molar-refractivity contribution is -0.143. The van der Waals surface area contributed by atoms with Crippen LogP contribution in [0.25, 0.3) is 0 Å². The number of benzene rings is 1. The van der Waals surface area contributed by atoms with Crippen LogP contribution in [0.1, 0.15) is 35.6 Å². The molecule has 0 bridgehead atoms. The Morgan fingerprint density at radius 3 is 2.28 bits per heavy atom. The van der Waals surface area contributed by atoms with Crippen LogP contribution in [0.3, 0.4) is 0 Å². The van der Waals surface area contributed by atoms with Crippen molar-refractivity contribution in [1.29, 1.82) is 0 Å². The highest BCUT2D eigenvalue weighted by atomic mass is 32.2. The number of hydrogen-bond acceptors (Lipinski definition) is 5. The fourth-order valence-electron chi connectivity index (χ4n) is 2.90. The first kappa shape index (κ1) is 23.0. The molecule has 1 heterocycles. The summed E-state index contributed by atoms with van der Waals surface area (Å²) in [6.07, 6.45) is 5.72. The first-order chi connectivity index (χ1) is 13.8. The molecule has 2 aromatic rings. The zero-order valence-corrected chi connectivity index (χ0v) is 18.0. The number of ether oxygens (including phenoxy) is 1. The van der Waals surface area contributed by atoms with Gasteiger partial charge < -0.3 is 4.74 Å². The van der Waals surface area contributed by atoms with Crippen LogP contribution in [0.5, 0.6) is 0 Å². The van der Waals surface area contributed by atoms with Gasteiger partial charge in [0.2, 0.25) is 0 Å². The maximum atomic E-state index is 11.9. The highest BCUT2D eigenvalue weighted by Gasteiger charge is 2.12. The van der Waals surface area contributed by atoms with Gasteiger partial charge in [0, 0.05) is 39.5 Å².